The molecule has 1 aliphatic rings. The van der Waals surface area contributed by atoms with Gasteiger partial charge in [0.05, 0.1) is 18.8 Å². The van der Waals surface area contributed by atoms with E-state index in [-0.39, 0.29) is 10.8 Å². The second kappa shape index (κ2) is 5.30. The molecule has 1 aromatic rings. The summed E-state index contributed by atoms with van der Waals surface area (Å²) in [5, 5.41) is 0. The number of thiocarbonyl (C=S) groups is 1. The molecule has 8 heteroatoms. The van der Waals surface area contributed by atoms with Gasteiger partial charge in [-0.25, -0.2) is 4.98 Å². The van der Waals surface area contributed by atoms with Gasteiger partial charge in [-0.3, -0.25) is 0 Å². The van der Waals surface area contributed by atoms with E-state index in [1.54, 1.807) is 4.90 Å². The van der Waals surface area contributed by atoms with Gasteiger partial charge in [-0.15, -0.1) is 0 Å². The highest BCUT2D eigenvalue weighted by Crippen LogP contribution is 2.30. The van der Waals surface area contributed by atoms with Crippen LogP contribution in [0.3, 0.4) is 0 Å². The molecular formula is C11H12F3N3OS. The smallest absolute Gasteiger partial charge is 0.389 e. The average molecular weight is 291 g/mol. The van der Waals surface area contributed by atoms with Crippen LogP contribution < -0.4 is 10.6 Å². The number of rotatable bonds is 2. The van der Waals surface area contributed by atoms with E-state index in [4.69, 9.17) is 22.7 Å². The summed E-state index contributed by atoms with van der Waals surface area (Å²) < 4.78 is 43.3. The monoisotopic (exact) mass is 291 g/mol. The van der Waals surface area contributed by atoms with Crippen molar-refractivity contribution in [3.63, 3.8) is 0 Å². The zero-order chi connectivity index (χ0) is 14.0. The molecule has 0 spiro atoms. The topological polar surface area (TPSA) is 51.4 Å². The van der Waals surface area contributed by atoms with Gasteiger partial charge < -0.3 is 15.4 Å². The lowest BCUT2D eigenvalue weighted by Crippen LogP contribution is -2.38. The minimum atomic E-state index is -4.49. The van der Waals surface area contributed by atoms with Crippen LogP contribution in [0.4, 0.5) is 19.0 Å². The van der Waals surface area contributed by atoms with E-state index in [9.17, 15) is 13.2 Å². The summed E-state index contributed by atoms with van der Waals surface area (Å²) >= 11 is 4.85. The molecule has 0 bridgehead atoms. The summed E-state index contributed by atoms with van der Waals surface area (Å²) in [4.78, 5) is 5.40. The third-order valence-corrected chi connectivity index (χ3v) is 2.96. The number of hydrogen-bond acceptors (Lipinski definition) is 4. The van der Waals surface area contributed by atoms with Crippen molar-refractivity contribution in [2.75, 3.05) is 31.2 Å². The number of anilines is 1. The van der Waals surface area contributed by atoms with Crippen LogP contribution >= 0.6 is 12.2 Å². The van der Waals surface area contributed by atoms with Crippen molar-refractivity contribution >= 4 is 23.0 Å². The fourth-order valence-electron chi connectivity index (χ4n) is 1.81. The molecule has 2 rings (SSSR count). The van der Waals surface area contributed by atoms with Gasteiger partial charge in [0, 0.05) is 13.1 Å². The molecule has 104 valence electrons. The van der Waals surface area contributed by atoms with Gasteiger partial charge in [0.1, 0.15) is 16.5 Å². The van der Waals surface area contributed by atoms with Crippen LogP contribution in [-0.4, -0.2) is 36.3 Å². The predicted molar refractivity (Wildman–Crippen MR) is 68.2 cm³/mol. The van der Waals surface area contributed by atoms with Crippen LogP contribution in [0.15, 0.2) is 12.1 Å². The molecule has 1 aliphatic heterocycles. The molecule has 0 aromatic carbocycles. The van der Waals surface area contributed by atoms with Gasteiger partial charge in [-0.1, -0.05) is 12.2 Å². The lowest BCUT2D eigenvalue weighted by molar-refractivity contribution is -0.141. The van der Waals surface area contributed by atoms with E-state index in [1.165, 1.54) is 6.07 Å². The Hall–Kier alpha value is -1.41. The fourth-order valence-corrected chi connectivity index (χ4v) is 1.97. The number of pyridine rings is 1. The maximum Gasteiger partial charge on any atom is 0.433 e. The summed E-state index contributed by atoms with van der Waals surface area (Å²) in [6, 6.07) is 2.15. The number of morpholine rings is 1. The predicted octanol–water partition coefficient (Wildman–Crippen LogP) is 1.57. The lowest BCUT2D eigenvalue weighted by atomic mass is 10.2. The minimum Gasteiger partial charge on any atom is -0.389 e. The second-order valence-electron chi connectivity index (χ2n) is 4.03. The summed E-state index contributed by atoms with van der Waals surface area (Å²) in [5.41, 5.74) is 4.93. The van der Waals surface area contributed by atoms with Crippen LogP contribution in [0.2, 0.25) is 0 Å². The van der Waals surface area contributed by atoms with Gasteiger partial charge in [0.15, 0.2) is 0 Å². The van der Waals surface area contributed by atoms with Gasteiger partial charge in [0.2, 0.25) is 0 Å². The molecule has 0 amide bonds. The summed E-state index contributed by atoms with van der Waals surface area (Å²) in [7, 11) is 0. The highest BCUT2D eigenvalue weighted by molar-refractivity contribution is 7.80. The number of alkyl halides is 3. The van der Waals surface area contributed by atoms with Crippen LogP contribution in [-0.2, 0) is 10.9 Å². The van der Waals surface area contributed by atoms with Crippen LogP contribution in [0.1, 0.15) is 11.3 Å². The van der Waals surface area contributed by atoms with E-state index in [1.807, 2.05) is 0 Å². The molecule has 1 saturated heterocycles. The third kappa shape index (κ3) is 3.13. The molecule has 0 atom stereocenters. The first-order valence-corrected chi connectivity index (χ1v) is 6.01. The van der Waals surface area contributed by atoms with Crippen LogP contribution in [0, 0.1) is 0 Å². The van der Waals surface area contributed by atoms with E-state index in [0.717, 1.165) is 6.07 Å². The van der Waals surface area contributed by atoms with Crippen molar-refractivity contribution < 1.29 is 17.9 Å². The maximum absolute atomic E-state index is 12.7. The lowest BCUT2D eigenvalue weighted by Gasteiger charge is -2.29. The molecule has 0 aliphatic carbocycles. The average Bonchev–Trinajstić information content (AvgIpc) is 2.38. The normalized spacial score (nSPS) is 16.5. The number of aromatic nitrogens is 1. The first-order chi connectivity index (χ1) is 8.89. The number of halogens is 3. The quantitative estimate of drug-likeness (QED) is 0.838. The maximum atomic E-state index is 12.7. The Kier molecular flexibility index (Phi) is 3.91. The third-order valence-electron chi connectivity index (χ3n) is 2.74. The molecular weight excluding hydrogens is 279 g/mol. The van der Waals surface area contributed by atoms with E-state index in [2.05, 4.69) is 4.98 Å². The number of nitrogens with two attached hydrogens (primary N) is 1. The number of nitrogens with zero attached hydrogens (tertiary/aromatic N) is 2. The van der Waals surface area contributed by atoms with Gasteiger partial charge >= 0.3 is 6.18 Å². The second-order valence-corrected chi connectivity index (χ2v) is 4.47. The Morgan fingerprint density at radius 3 is 2.47 bits per heavy atom. The first kappa shape index (κ1) is 14.0. The molecule has 2 N–H and O–H groups in total. The molecule has 0 unspecified atom stereocenters. The zero-order valence-electron chi connectivity index (χ0n) is 9.91. The summed E-state index contributed by atoms with van der Waals surface area (Å²) in [5.74, 6) is 0.172. The van der Waals surface area contributed by atoms with Gasteiger partial charge in [0.25, 0.3) is 0 Å². The summed E-state index contributed by atoms with van der Waals surface area (Å²) in [6.45, 7) is 1.80. The van der Waals surface area contributed by atoms with Crippen molar-refractivity contribution in [2.24, 2.45) is 5.73 Å². The number of ether oxygens (including phenoxy) is 1. The SMILES string of the molecule is NC(=S)c1ccc(C(F)(F)F)nc1N1CCOCC1. The highest BCUT2D eigenvalue weighted by atomic mass is 32.1. The Morgan fingerprint density at radius 2 is 1.95 bits per heavy atom. The van der Waals surface area contributed by atoms with Crippen molar-refractivity contribution in [2.45, 2.75) is 6.18 Å². The Labute approximate surface area is 113 Å². The Balaban J connectivity index is 2.44. The molecule has 2 heterocycles. The Bertz CT molecular complexity index is 487. The molecule has 1 fully saturated rings. The van der Waals surface area contributed by atoms with Gasteiger partial charge in [-0.2, -0.15) is 13.2 Å². The van der Waals surface area contributed by atoms with E-state index >= 15 is 0 Å². The van der Waals surface area contributed by atoms with Crippen molar-refractivity contribution in [3.05, 3.63) is 23.4 Å². The van der Waals surface area contributed by atoms with Gasteiger partial charge in [-0.05, 0) is 12.1 Å². The fraction of sp³-hybridized carbons (Fsp3) is 0.455. The van der Waals surface area contributed by atoms with Crippen LogP contribution in [0.5, 0.6) is 0 Å². The van der Waals surface area contributed by atoms with E-state index in [0.29, 0.717) is 31.9 Å². The van der Waals surface area contributed by atoms with Crippen molar-refractivity contribution in [1.82, 2.24) is 4.98 Å². The highest BCUT2D eigenvalue weighted by Gasteiger charge is 2.34. The zero-order valence-corrected chi connectivity index (χ0v) is 10.7. The summed E-state index contributed by atoms with van der Waals surface area (Å²) in [6.07, 6.45) is -4.49. The van der Waals surface area contributed by atoms with Crippen molar-refractivity contribution in [1.29, 1.82) is 0 Å². The Morgan fingerprint density at radius 1 is 1.32 bits per heavy atom. The molecule has 0 radical (unpaired) electrons. The van der Waals surface area contributed by atoms with E-state index < -0.39 is 11.9 Å². The largest absolute Gasteiger partial charge is 0.433 e. The molecule has 0 saturated carbocycles. The van der Waals surface area contributed by atoms with Crippen molar-refractivity contribution in [3.8, 4) is 0 Å². The molecule has 1 aromatic heterocycles. The first-order valence-electron chi connectivity index (χ1n) is 5.60. The molecule has 19 heavy (non-hydrogen) atoms. The standard InChI is InChI=1S/C11H12F3N3OS/c12-11(13,14)8-2-1-7(9(15)19)10(16-8)17-3-5-18-6-4-17/h1-2H,3-6H2,(H2,15,19). The van der Waals surface area contributed by atoms with Crippen LogP contribution in [0.25, 0.3) is 0 Å². The minimum absolute atomic E-state index is 0.0303. The molecule has 4 nitrogen and oxygen atoms in total. The number of hydrogen-bond donors (Lipinski definition) is 1.